The van der Waals surface area contributed by atoms with Crippen molar-refractivity contribution in [3.63, 3.8) is 0 Å². The van der Waals surface area contributed by atoms with E-state index in [-0.39, 0.29) is 18.5 Å². The number of rotatable bonds is 4. The Morgan fingerprint density at radius 2 is 2.14 bits per heavy atom. The number of ether oxygens (including phenoxy) is 2. The highest BCUT2D eigenvalue weighted by molar-refractivity contribution is 6.32. The van der Waals surface area contributed by atoms with Crippen LogP contribution in [0.4, 0.5) is 4.39 Å². The van der Waals surface area contributed by atoms with Crippen LogP contribution in [0.15, 0.2) is 40.9 Å². The summed E-state index contributed by atoms with van der Waals surface area (Å²) in [5, 5.41) is 4.61. The van der Waals surface area contributed by atoms with Gasteiger partial charge in [-0.05, 0) is 49.2 Å². The summed E-state index contributed by atoms with van der Waals surface area (Å²) in [7, 11) is 0. The average Bonchev–Trinajstić information content (AvgIpc) is 3.38. The van der Waals surface area contributed by atoms with Gasteiger partial charge in [-0.25, -0.2) is 4.39 Å². The van der Waals surface area contributed by atoms with Gasteiger partial charge in [0.2, 0.25) is 18.5 Å². The van der Waals surface area contributed by atoms with Crippen LogP contribution in [0.5, 0.6) is 11.5 Å². The second kappa shape index (κ2) is 7.65. The third-order valence-electron chi connectivity index (χ3n) is 5.27. The van der Waals surface area contributed by atoms with E-state index in [0.717, 1.165) is 38.0 Å². The van der Waals surface area contributed by atoms with Gasteiger partial charge in [-0.15, -0.1) is 0 Å². The molecule has 150 valence electrons. The molecule has 2 aromatic carbocycles. The molecule has 1 atom stereocenters. The Kier molecular flexibility index (Phi) is 4.85. The Bertz CT molecular complexity index is 1040. The topological polar surface area (TPSA) is 60.6 Å². The molecule has 2 aliphatic rings. The van der Waals surface area contributed by atoms with Crippen molar-refractivity contribution in [3.8, 4) is 22.9 Å². The Morgan fingerprint density at radius 3 is 3.03 bits per heavy atom. The highest BCUT2D eigenvalue weighted by atomic mass is 35.5. The van der Waals surface area contributed by atoms with Crippen molar-refractivity contribution in [1.82, 2.24) is 15.0 Å². The van der Waals surface area contributed by atoms with Gasteiger partial charge in [-0.3, -0.25) is 4.90 Å². The summed E-state index contributed by atoms with van der Waals surface area (Å²) in [6.45, 7) is 2.73. The van der Waals surface area contributed by atoms with Crippen LogP contribution in [0, 0.1) is 5.82 Å². The highest BCUT2D eigenvalue weighted by Crippen LogP contribution is 2.40. The van der Waals surface area contributed by atoms with Crippen molar-refractivity contribution in [1.29, 1.82) is 0 Å². The van der Waals surface area contributed by atoms with Gasteiger partial charge in [0.15, 0.2) is 11.5 Å². The summed E-state index contributed by atoms with van der Waals surface area (Å²) < 4.78 is 29.8. The van der Waals surface area contributed by atoms with E-state index in [0.29, 0.717) is 33.8 Å². The van der Waals surface area contributed by atoms with Gasteiger partial charge < -0.3 is 14.0 Å². The molecule has 0 saturated carbocycles. The SMILES string of the molecule is Fc1cccc(-c2noc(C3CCCN(Cc4cc(Cl)c5c(c4)OCO5)C3)n2)c1. The van der Waals surface area contributed by atoms with Crippen molar-refractivity contribution < 1.29 is 18.4 Å². The molecule has 1 unspecified atom stereocenters. The molecular weight excluding hydrogens is 397 g/mol. The van der Waals surface area contributed by atoms with Crippen LogP contribution in [0.2, 0.25) is 5.02 Å². The summed E-state index contributed by atoms with van der Waals surface area (Å²) in [5.74, 6) is 2.14. The molecule has 8 heteroatoms. The molecule has 5 rings (SSSR count). The van der Waals surface area contributed by atoms with Crippen molar-refractivity contribution >= 4 is 11.6 Å². The van der Waals surface area contributed by atoms with E-state index in [4.69, 9.17) is 25.6 Å². The number of halogens is 2. The molecule has 6 nitrogen and oxygen atoms in total. The first-order chi connectivity index (χ1) is 14.2. The number of nitrogens with zero attached hydrogens (tertiary/aromatic N) is 3. The predicted molar refractivity (Wildman–Crippen MR) is 105 cm³/mol. The van der Waals surface area contributed by atoms with E-state index >= 15 is 0 Å². The van der Waals surface area contributed by atoms with Gasteiger partial charge in [0.25, 0.3) is 0 Å². The van der Waals surface area contributed by atoms with Gasteiger partial charge in [0, 0.05) is 18.7 Å². The van der Waals surface area contributed by atoms with E-state index in [9.17, 15) is 4.39 Å². The summed E-state index contributed by atoms with van der Waals surface area (Å²) in [6, 6.07) is 10.1. The molecule has 0 amide bonds. The molecule has 29 heavy (non-hydrogen) atoms. The van der Waals surface area contributed by atoms with Crippen LogP contribution < -0.4 is 9.47 Å². The smallest absolute Gasteiger partial charge is 0.231 e. The lowest BCUT2D eigenvalue weighted by molar-refractivity contribution is 0.173. The molecule has 0 aliphatic carbocycles. The minimum absolute atomic E-state index is 0.142. The lowest BCUT2D eigenvalue weighted by atomic mass is 9.97. The second-order valence-corrected chi connectivity index (χ2v) is 7.76. The second-order valence-electron chi connectivity index (χ2n) is 7.35. The summed E-state index contributed by atoms with van der Waals surface area (Å²) in [6.07, 6.45) is 2.00. The van der Waals surface area contributed by atoms with Crippen LogP contribution in [0.1, 0.15) is 30.2 Å². The fourth-order valence-electron chi connectivity index (χ4n) is 3.92. The van der Waals surface area contributed by atoms with Crippen LogP contribution in [-0.4, -0.2) is 34.9 Å². The summed E-state index contributed by atoms with van der Waals surface area (Å²) in [5.41, 5.74) is 1.69. The molecule has 3 heterocycles. The number of fused-ring (bicyclic) bond motifs is 1. The molecule has 3 aromatic rings. The van der Waals surface area contributed by atoms with Crippen molar-refractivity contribution in [2.45, 2.75) is 25.3 Å². The number of hydrogen-bond donors (Lipinski definition) is 0. The van der Waals surface area contributed by atoms with E-state index in [1.165, 1.54) is 12.1 Å². The van der Waals surface area contributed by atoms with Crippen LogP contribution >= 0.6 is 11.6 Å². The fraction of sp³-hybridized carbons (Fsp3) is 0.333. The molecule has 2 aliphatic heterocycles. The minimum atomic E-state index is -0.319. The monoisotopic (exact) mass is 415 g/mol. The van der Waals surface area contributed by atoms with Crippen LogP contribution in [-0.2, 0) is 6.54 Å². The van der Waals surface area contributed by atoms with Gasteiger partial charge in [0.05, 0.1) is 10.9 Å². The zero-order chi connectivity index (χ0) is 19.8. The summed E-state index contributed by atoms with van der Waals surface area (Å²) >= 11 is 6.31. The molecule has 1 saturated heterocycles. The fourth-order valence-corrected chi connectivity index (χ4v) is 4.20. The molecule has 0 N–H and O–H groups in total. The molecule has 1 aromatic heterocycles. The maximum absolute atomic E-state index is 13.5. The quantitative estimate of drug-likeness (QED) is 0.618. The molecule has 1 fully saturated rings. The van der Waals surface area contributed by atoms with Crippen molar-refractivity contribution in [2.75, 3.05) is 19.9 Å². The first-order valence-electron chi connectivity index (χ1n) is 9.55. The Hall–Kier alpha value is -2.64. The standard InChI is InChI=1S/C21H19ClFN3O3/c22-17-7-13(8-18-19(17)28-12-27-18)10-26-6-2-4-15(11-26)21-24-20(25-29-21)14-3-1-5-16(23)9-14/h1,3,5,7-9,15H,2,4,6,10-12H2. The Labute approximate surface area is 172 Å². The Balaban J connectivity index is 1.30. The zero-order valence-electron chi connectivity index (χ0n) is 15.6. The number of likely N-dealkylation sites (tertiary alicyclic amines) is 1. The normalized spacial score (nSPS) is 18.9. The highest BCUT2D eigenvalue weighted by Gasteiger charge is 2.27. The maximum Gasteiger partial charge on any atom is 0.231 e. The number of aromatic nitrogens is 2. The molecule has 0 spiro atoms. The maximum atomic E-state index is 13.5. The van der Waals surface area contributed by atoms with Crippen molar-refractivity contribution in [2.24, 2.45) is 0 Å². The molecular formula is C21H19ClFN3O3. The minimum Gasteiger partial charge on any atom is -0.454 e. The average molecular weight is 416 g/mol. The third kappa shape index (κ3) is 3.80. The van der Waals surface area contributed by atoms with Crippen LogP contribution in [0.3, 0.4) is 0 Å². The third-order valence-corrected chi connectivity index (χ3v) is 5.55. The van der Waals surface area contributed by atoms with Gasteiger partial charge in [-0.2, -0.15) is 4.98 Å². The predicted octanol–water partition coefficient (Wildman–Crippen LogP) is 4.64. The number of benzene rings is 2. The largest absolute Gasteiger partial charge is 0.454 e. The van der Waals surface area contributed by atoms with E-state index < -0.39 is 0 Å². The molecule has 0 bridgehead atoms. The lowest BCUT2D eigenvalue weighted by Crippen LogP contribution is -2.34. The van der Waals surface area contributed by atoms with E-state index in [2.05, 4.69) is 15.0 Å². The first kappa shape index (κ1) is 18.4. The lowest BCUT2D eigenvalue weighted by Gasteiger charge is -2.31. The number of piperidine rings is 1. The first-order valence-corrected chi connectivity index (χ1v) is 9.93. The number of hydrogen-bond acceptors (Lipinski definition) is 6. The van der Waals surface area contributed by atoms with E-state index in [1.807, 2.05) is 12.1 Å². The zero-order valence-corrected chi connectivity index (χ0v) is 16.4. The van der Waals surface area contributed by atoms with E-state index in [1.54, 1.807) is 12.1 Å². The summed E-state index contributed by atoms with van der Waals surface area (Å²) in [4.78, 5) is 6.86. The van der Waals surface area contributed by atoms with Gasteiger partial charge >= 0.3 is 0 Å². The van der Waals surface area contributed by atoms with Gasteiger partial charge in [-0.1, -0.05) is 28.9 Å². The van der Waals surface area contributed by atoms with Crippen LogP contribution in [0.25, 0.3) is 11.4 Å². The van der Waals surface area contributed by atoms with Crippen molar-refractivity contribution in [3.05, 3.63) is 58.7 Å². The van der Waals surface area contributed by atoms with Gasteiger partial charge in [0.1, 0.15) is 5.82 Å². The Morgan fingerprint density at radius 1 is 1.21 bits per heavy atom. The molecule has 0 radical (unpaired) electrons.